The third-order valence-electron chi connectivity index (χ3n) is 4.99. The molecule has 0 saturated carbocycles. The van der Waals surface area contributed by atoms with Crippen LogP contribution in [0.25, 0.3) is 0 Å². The Labute approximate surface area is 150 Å². The van der Waals surface area contributed by atoms with Gasteiger partial charge in [-0.25, -0.2) is 0 Å². The van der Waals surface area contributed by atoms with E-state index < -0.39 is 8.56 Å². The number of ether oxygens (including phenoxy) is 2. The van der Waals surface area contributed by atoms with Crippen LogP contribution in [-0.2, 0) is 18.3 Å². The molecule has 144 valence electrons. The topological polar surface area (TPSA) is 40.2 Å². The lowest BCUT2D eigenvalue weighted by molar-refractivity contribution is 0.113. The van der Waals surface area contributed by atoms with Crippen molar-refractivity contribution in [2.45, 2.75) is 89.3 Å². The van der Waals surface area contributed by atoms with E-state index in [0.717, 1.165) is 25.9 Å². The molecule has 1 heterocycles. The van der Waals surface area contributed by atoms with E-state index in [1.165, 1.54) is 70.6 Å². The fourth-order valence-corrected chi connectivity index (χ4v) is 4.37. The van der Waals surface area contributed by atoms with Crippen molar-refractivity contribution >= 4 is 8.56 Å². The highest BCUT2D eigenvalue weighted by atomic mass is 28.4. The third-order valence-corrected chi connectivity index (χ3v) is 7.98. The van der Waals surface area contributed by atoms with Gasteiger partial charge in [0.05, 0.1) is 13.2 Å². The molecular formula is C19H40O4Si. The first-order valence-corrected chi connectivity index (χ1v) is 12.5. The van der Waals surface area contributed by atoms with Gasteiger partial charge < -0.3 is 18.3 Å². The normalized spacial score (nSPS) is 17.4. The maximum atomic E-state index is 5.55. The summed E-state index contributed by atoms with van der Waals surface area (Å²) >= 11 is 0. The van der Waals surface area contributed by atoms with Crippen LogP contribution in [0.15, 0.2) is 0 Å². The van der Waals surface area contributed by atoms with Crippen LogP contribution in [0.1, 0.15) is 70.6 Å². The van der Waals surface area contributed by atoms with Gasteiger partial charge >= 0.3 is 8.56 Å². The van der Waals surface area contributed by atoms with E-state index in [1.54, 1.807) is 14.2 Å². The quantitative estimate of drug-likeness (QED) is 0.195. The van der Waals surface area contributed by atoms with E-state index in [2.05, 4.69) is 6.55 Å². The average molecular weight is 361 g/mol. The largest absolute Gasteiger partial charge is 0.398 e. The highest BCUT2D eigenvalue weighted by molar-refractivity contribution is 6.65. The van der Waals surface area contributed by atoms with E-state index in [4.69, 9.17) is 18.3 Å². The Morgan fingerprint density at radius 3 is 1.71 bits per heavy atom. The zero-order chi connectivity index (χ0) is 17.5. The van der Waals surface area contributed by atoms with Crippen molar-refractivity contribution in [1.29, 1.82) is 0 Å². The summed E-state index contributed by atoms with van der Waals surface area (Å²) in [5.41, 5.74) is 0. The van der Waals surface area contributed by atoms with Crippen molar-refractivity contribution in [3.63, 3.8) is 0 Å². The van der Waals surface area contributed by atoms with E-state index in [9.17, 15) is 0 Å². The predicted molar refractivity (Wildman–Crippen MR) is 102 cm³/mol. The number of hydrogen-bond donors (Lipinski definition) is 0. The van der Waals surface area contributed by atoms with Crippen LogP contribution in [0.2, 0.25) is 12.6 Å². The molecule has 0 spiro atoms. The Bertz CT molecular complexity index is 281. The van der Waals surface area contributed by atoms with Crippen LogP contribution in [0.5, 0.6) is 0 Å². The molecule has 1 rings (SSSR count). The summed E-state index contributed by atoms with van der Waals surface area (Å²) in [5, 5.41) is 0. The molecular weight excluding hydrogens is 320 g/mol. The monoisotopic (exact) mass is 360 g/mol. The molecule has 1 saturated heterocycles. The fraction of sp³-hybridized carbons (Fsp3) is 1.00. The second-order valence-corrected chi connectivity index (χ2v) is 10.8. The van der Waals surface area contributed by atoms with Gasteiger partial charge in [0, 0.05) is 20.8 Å². The molecule has 1 aliphatic rings. The van der Waals surface area contributed by atoms with Crippen molar-refractivity contribution < 1.29 is 18.3 Å². The van der Waals surface area contributed by atoms with E-state index >= 15 is 0 Å². The second kappa shape index (κ2) is 14.2. The van der Waals surface area contributed by atoms with Gasteiger partial charge in [-0.05, 0) is 19.0 Å². The molecule has 1 aliphatic heterocycles. The molecule has 0 N–H and O–H groups in total. The molecule has 0 aromatic heterocycles. The summed E-state index contributed by atoms with van der Waals surface area (Å²) < 4.78 is 21.7. The maximum Gasteiger partial charge on any atom is 0.334 e. The zero-order valence-electron chi connectivity index (χ0n) is 16.3. The summed E-state index contributed by atoms with van der Waals surface area (Å²) in [4.78, 5) is 0. The van der Waals surface area contributed by atoms with E-state index in [1.807, 2.05) is 0 Å². The van der Waals surface area contributed by atoms with Crippen molar-refractivity contribution in [2.24, 2.45) is 0 Å². The average Bonchev–Trinajstić information content (AvgIpc) is 3.42. The lowest BCUT2D eigenvalue weighted by atomic mass is 10.1. The molecule has 0 amide bonds. The van der Waals surface area contributed by atoms with Gasteiger partial charge in [-0.1, -0.05) is 64.2 Å². The molecule has 1 unspecified atom stereocenters. The van der Waals surface area contributed by atoms with Gasteiger partial charge in [-0.3, -0.25) is 0 Å². The number of rotatable bonds is 18. The van der Waals surface area contributed by atoms with E-state index in [-0.39, 0.29) is 0 Å². The molecule has 24 heavy (non-hydrogen) atoms. The first-order valence-electron chi connectivity index (χ1n) is 10.00. The zero-order valence-corrected chi connectivity index (χ0v) is 17.3. The lowest BCUT2D eigenvalue weighted by Gasteiger charge is -2.22. The molecule has 4 nitrogen and oxygen atoms in total. The van der Waals surface area contributed by atoms with Crippen molar-refractivity contribution in [1.82, 2.24) is 0 Å². The predicted octanol–water partition coefficient (Wildman–Crippen LogP) is 5.06. The minimum absolute atomic E-state index is 0.413. The second-order valence-electron chi connectivity index (χ2n) is 7.21. The van der Waals surface area contributed by atoms with Crippen LogP contribution >= 0.6 is 0 Å². The first kappa shape index (κ1) is 22.1. The van der Waals surface area contributed by atoms with Crippen molar-refractivity contribution in [3.05, 3.63) is 0 Å². The molecule has 5 heteroatoms. The molecule has 0 bridgehead atoms. The molecule has 0 aliphatic carbocycles. The van der Waals surface area contributed by atoms with Gasteiger partial charge in [-0.15, -0.1) is 0 Å². The summed E-state index contributed by atoms with van der Waals surface area (Å²) in [5.74, 6) is 0. The van der Waals surface area contributed by atoms with Crippen LogP contribution in [-0.4, -0.2) is 48.7 Å². The third kappa shape index (κ3) is 12.4. The highest BCUT2D eigenvalue weighted by Gasteiger charge is 2.27. The summed E-state index contributed by atoms with van der Waals surface area (Å²) in [6.45, 7) is 4.77. The highest BCUT2D eigenvalue weighted by Crippen LogP contribution is 2.18. The Morgan fingerprint density at radius 1 is 0.792 bits per heavy atom. The van der Waals surface area contributed by atoms with Gasteiger partial charge in [-0.2, -0.15) is 0 Å². The van der Waals surface area contributed by atoms with Crippen molar-refractivity contribution in [3.8, 4) is 0 Å². The maximum absolute atomic E-state index is 5.55. The molecule has 0 radical (unpaired) electrons. The minimum Gasteiger partial charge on any atom is -0.398 e. The summed E-state index contributed by atoms with van der Waals surface area (Å²) in [7, 11) is 1.75. The Balaban J connectivity index is 1.69. The molecule has 0 aromatic carbocycles. The minimum atomic E-state index is -1.82. The van der Waals surface area contributed by atoms with Gasteiger partial charge in [0.25, 0.3) is 0 Å². The fourth-order valence-electron chi connectivity index (χ4n) is 2.91. The standard InChI is InChI=1S/C19H40O4Si/c1-20-24(3,21-2)16-14-12-10-8-6-4-5-7-9-11-13-15-22-17-19-18-23-19/h19H,4-18H2,1-3H3. The molecule has 1 fully saturated rings. The number of unbranched alkanes of at least 4 members (excludes halogenated alkanes) is 10. The summed E-state index contributed by atoms with van der Waals surface area (Å²) in [6.07, 6.45) is 15.2. The van der Waals surface area contributed by atoms with Crippen LogP contribution in [0.4, 0.5) is 0 Å². The Morgan fingerprint density at radius 2 is 1.25 bits per heavy atom. The van der Waals surface area contributed by atoms with Crippen LogP contribution < -0.4 is 0 Å². The first-order chi connectivity index (χ1) is 11.7. The SMILES string of the molecule is CO[Si](C)(CCCCCCCCCCCCCOCC1CO1)OC. The summed E-state index contributed by atoms with van der Waals surface area (Å²) in [6, 6.07) is 1.12. The smallest absolute Gasteiger partial charge is 0.334 e. The number of hydrogen-bond acceptors (Lipinski definition) is 4. The molecule has 1 atom stereocenters. The van der Waals surface area contributed by atoms with Gasteiger partial charge in [0.1, 0.15) is 6.10 Å². The lowest BCUT2D eigenvalue weighted by Crippen LogP contribution is -2.35. The van der Waals surface area contributed by atoms with Crippen LogP contribution in [0.3, 0.4) is 0 Å². The van der Waals surface area contributed by atoms with Gasteiger partial charge in [0.2, 0.25) is 0 Å². The van der Waals surface area contributed by atoms with Gasteiger partial charge in [0.15, 0.2) is 0 Å². The molecule has 0 aromatic rings. The Hall–Kier alpha value is 0.0569. The Kier molecular flexibility index (Phi) is 13.1. The van der Waals surface area contributed by atoms with Crippen molar-refractivity contribution in [2.75, 3.05) is 34.0 Å². The van der Waals surface area contributed by atoms with E-state index in [0.29, 0.717) is 6.10 Å². The van der Waals surface area contributed by atoms with Crippen LogP contribution in [0, 0.1) is 0 Å². The number of epoxide rings is 1.